The number of carbonyl (C=O) groups excluding carboxylic acids is 4. The minimum atomic E-state index is -0.795. The van der Waals surface area contributed by atoms with Gasteiger partial charge in [0.05, 0.1) is 14.2 Å². The summed E-state index contributed by atoms with van der Waals surface area (Å²) in [5.74, 6) is -2.99. The highest BCUT2D eigenvalue weighted by Gasteiger charge is 2.14. The molecule has 0 aliphatic rings. The van der Waals surface area contributed by atoms with Crippen molar-refractivity contribution >= 4 is 23.9 Å². The molecule has 0 saturated heterocycles. The Kier molecular flexibility index (Phi) is 10.5. The summed E-state index contributed by atoms with van der Waals surface area (Å²) < 4.78 is 18.5. The molecule has 0 saturated carbocycles. The molecule has 9 nitrogen and oxygen atoms in total. The van der Waals surface area contributed by atoms with E-state index in [4.69, 9.17) is 9.47 Å². The predicted octanol–water partition coefficient (Wildman–Crippen LogP) is -0.881. The highest BCUT2D eigenvalue weighted by atomic mass is 16.6. The number of nitrogens with one attached hydrogen (secondary N) is 1. The third-order valence-corrected chi connectivity index (χ3v) is 2.24. The van der Waals surface area contributed by atoms with Gasteiger partial charge in [-0.1, -0.05) is 0 Å². The van der Waals surface area contributed by atoms with Crippen LogP contribution < -0.4 is 5.32 Å². The van der Waals surface area contributed by atoms with Crippen LogP contribution in [0.4, 0.5) is 0 Å². The van der Waals surface area contributed by atoms with Gasteiger partial charge in [0, 0.05) is 30.8 Å². The fraction of sp³-hybridized carbons (Fsp3) is 0.429. The summed E-state index contributed by atoms with van der Waals surface area (Å²) in [6.45, 7) is -0.0191. The van der Waals surface area contributed by atoms with Gasteiger partial charge in [-0.15, -0.1) is 0 Å². The van der Waals surface area contributed by atoms with Gasteiger partial charge in [-0.05, 0) is 7.05 Å². The van der Waals surface area contributed by atoms with E-state index in [1.165, 1.54) is 14.2 Å². The number of carbonyl (C=O) groups is 4. The van der Waals surface area contributed by atoms with Gasteiger partial charge in [-0.2, -0.15) is 0 Å². The maximum atomic E-state index is 11.5. The number of methoxy groups -OCH3 is 2. The molecule has 0 amide bonds. The van der Waals surface area contributed by atoms with Crippen LogP contribution in [-0.2, 0) is 38.1 Å². The van der Waals surface area contributed by atoms with Crippen molar-refractivity contribution in [2.24, 2.45) is 0 Å². The van der Waals surface area contributed by atoms with E-state index in [1.54, 1.807) is 7.05 Å². The highest BCUT2D eigenvalue weighted by Crippen LogP contribution is 1.97. The van der Waals surface area contributed by atoms with Crippen molar-refractivity contribution in [2.45, 2.75) is 6.10 Å². The third kappa shape index (κ3) is 10.7. The number of hydrogen-bond donors (Lipinski definition) is 1. The molecule has 0 aromatic heterocycles. The van der Waals surface area contributed by atoms with Gasteiger partial charge < -0.3 is 24.3 Å². The number of esters is 4. The lowest BCUT2D eigenvalue weighted by molar-refractivity contribution is -0.152. The van der Waals surface area contributed by atoms with Gasteiger partial charge >= 0.3 is 23.9 Å². The van der Waals surface area contributed by atoms with Crippen LogP contribution in [0.2, 0.25) is 0 Å². The van der Waals surface area contributed by atoms with Crippen LogP contribution in [0.15, 0.2) is 24.3 Å². The Morgan fingerprint density at radius 1 is 0.870 bits per heavy atom. The fourth-order valence-electron chi connectivity index (χ4n) is 1.20. The maximum absolute atomic E-state index is 11.5. The smallest absolute Gasteiger partial charge is 0.331 e. The molecule has 1 unspecified atom stereocenters. The van der Waals surface area contributed by atoms with Crippen molar-refractivity contribution in [3.63, 3.8) is 0 Å². The van der Waals surface area contributed by atoms with E-state index in [1.807, 2.05) is 0 Å². The van der Waals surface area contributed by atoms with Crippen molar-refractivity contribution in [1.82, 2.24) is 5.32 Å². The van der Waals surface area contributed by atoms with Crippen LogP contribution in [0.3, 0.4) is 0 Å². The van der Waals surface area contributed by atoms with Crippen molar-refractivity contribution < 1.29 is 38.1 Å². The monoisotopic (exact) mass is 329 g/mol. The van der Waals surface area contributed by atoms with Crippen molar-refractivity contribution in [3.8, 4) is 0 Å². The van der Waals surface area contributed by atoms with Gasteiger partial charge in [-0.3, -0.25) is 0 Å². The Labute approximate surface area is 133 Å². The van der Waals surface area contributed by atoms with Crippen LogP contribution in [0.5, 0.6) is 0 Å². The van der Waals surface area contributed by atoms with Gasteiger partial charge in [0.25, 0.3) is 0 Å². The third-order valence-electron chi connectivity index (χ3n) is 2.24. The Morgan fingerprint density at radius 2 is 1.35 bits per heavy atom. The molecular weight excluding hydrogens is 310 g/mol. The van der Waals surface area contributed by atoms with Gasteiger partial charge in [-0.25, -0.2) is 19.2 Å². The Hall–Kier alpha value is -2.68. The number of rotatable bonds is 9. The molecule has 0 heterocycles. The summed E-state index contributed by atoms with van der Waals surface area (Å²) in [4.78, 5) is 44.5. The number of hydrogen-bond acceptors (Lipinski definition) is 9. The predicted molar refractivity (Wildman–Crippen MR) is 77.1 cm³/mol. The molecule has 0 radical (unpaired) electrons. The minimum Gasteiger partial charge on any atom is -0.466 e. The molecule has 0 aliphatic carbocycles. The SMILES string of the molecule is CNCC(COC(=O)/C=C/C(=O)OC)OC(=O)/C=C/C(=O)OC. The topological polar surface area (TPSA) is 117 Å². The lowest BCUT2D eigenvalue weighted by atomic mass is 10.3. The molecule has 0 aromatic rings. The van der Waals surface area contributed by atoms with Gasteiger partial charge in [0.1, 0.15) is 12.7 Å². The zero-order valence-electron chi connectivity index (χ0n) is 13.1. The van der Waals surface area contributed by atoms with Crippen LogP contribution in [0.1, 0.15) is 0 Å². The van der Waals surface area contributed by atoms with E-state index in [0.717, 1.165) is 24.3 Å². The molecule has 0 spiro atoms. The molecule has 1 atom stereocenters. The quantitative estimate of drug-likeness (QED) is 0.327. The first-order chi connectivity index (χ1) is 10.9. The summed E-state index contributed by atoms with van der Waals surface area (Å²) >= 11 is 0. The molecule has 9 heteroatoms. The minimum absolute atomic E-state index is 0.214. The molecule has 0 aromatic carbocycles. The average Bonchev–Trinajstić information content (AvgIpc) is 2.55. The standard InChI is InChI=1S/C14H19NO8/c1-15-8-10(23-14(19)7-5-12(17)21-3)9-22-13(18)6-4-11(16)20-2/h4-7,10,15H,8-9H2,1-3H3/b6-4+,7-5+. The van der Waals surface area contributed by atoms with Crippen molar-refractivity contribution in [2.75, 3.05) is 34.4 Å². The summed E-state index contributed by atoms with van der Waals surface area (Å²) in [5.41, 5.74) is 0. The van der Waals surface area contributed by atoms with Crippen LogP contribution in [-0.4, -0.2) is 64.4 Å². The first-order valence-electron chi connectivity index (χ1n) is 6.47. The van der Waals surface area contributed by atoms with E-state index in [2.05, 4.69) is 14.8 Å². The summed E-state index contributed by atoms with van der Waals surface area (Å²) in [6, 6.07) is 0. The first kappa shape index (κ1) is 20.3. The van der Waals surface area contributed by atoms with Gasteiger partial charge in [0.15, 0.2) is 0 Å². The zero-order chi connectivity index (χ0) is 17.7. The molecule has 0 aliphatic heterocycles. The number of likely N-dealkylation sites (N-methyl/N-ethyl adjacent to an activating group) is 1. The van der Waals surface area contributed by atoms with E-state index in [-0.39, 0.29) is 13.2 Å². The zero-order valence-corrected chi connectivity index (χ0v) is 13.1. The Balaban J connectivity index is 4.40. The molecular formula is C14H19NO8. The van der Waals surface area contributed by atoms with Crippen LogP contribution in [0.25, 0.3) is 0 Å². The van der Waals surface area contributed by atoms with E-state index in [0.29, 0.717) is 0 Å². The van der Waals surface area contributed by atoms with Crippen LogP contribution in [0, 0.1) is 0 Å². The normalized spacial score (nSPS) is 12.0. The number of ether oxygens (including phenoxy) is 4. The fourth-order valence-corrected chi connectivity index (χ4v) is 1.20. The van der Waals surface area contributed by atoms with E-state index >= 15 is 0 Å². The molecule has 1 N–H and O–H groups in total. The van der Waals surface area contributed by atoms with Crippen molar-refractivity contribution in [1.29, 1.82) is 0 Å². The molecule has 0 fully saturated rings. The first-order valence-corrected chi connectivity index (χ1v) is 6.47. The van der Waals surface area contributed by atoms with Gasteiger partial charge in [0.2, 0.25) is 0 Å². The second-order valence-electron chi connectivity index (χ2n) is 3.96. The lowest BCUT2D eigenvalue weighted by Gasteiger charge is -2.16. The summed E-state index contributed by atoms with van der Waals surface area (Å²) in [7, 11) is 3.95. The molecule has 128 valence electrons. The second-order valence-corrected chi connectivity index (χ2v) is 3.96. The Bertz CT molecular complexity index is 483. The largest absolute Gasteiger partial charge is 0.466 e. The van der Waals surface area contributed by atoms with E-state index in [9.17, 15) is 19.2 Å². The Morgan fingerprint density at radius 3 is 1.83 bits per heavy atom. The van der Waals surface area contributed by atoms with E-state index < -0.39 is 30.0 Å². The highest BCUT2D eigenvalue weighted by molar-refractivity contribution is 5.92. The molecule has 23 heavy (non-hydrogen) atoms. The summed E-state index contributed by atoms with van der Waals surface area (Å²) in [6.07, 6.45) is 2.82. The van der Waals surface area contributed by atoms with Crippen molar-refractivity contribution in [3.05, 3.63) is 24.3 Å². The van der Waals surface area contributed by atoms with Crippen LogP contribution >= 0.6 is 0 Å². The molecule has 0 rings (SSSR count). The average molecular weight is 329 g/mol. The maximum Gasteiger partial charge on any atom is 0.331 e. The second kappa shape index (κ2) is 11.9. The molecule has 0 bridgehead atoms. The lowest BCUT2D eigenvalue weighted by Crippen LogP contribution is -2.33. The summed E-state index contributed by atoms with van der Waals surface area (Å²) in [5, 5.41) is 2.76.